The lowest BCUT2D eigenvalue weighted by molar-refractivity contribution is -0.129. The Kier molecular flexibility index (Phi) is 4.40. The number of carbonyl (C=O) groups is 1. The number of amides is 1. The molecule has 0 spiro atoms. The van der Waals surface area contributed by atoms with Crippen LogP contribution in [-0.4, -0.2) is 30.4 Å². The minimum absolute atomic E-state index is 0.240. The SMILES string of the molecule is Cc1cc(C(C)NCC(=O)N2CCCC2)c(C)s1. The Morgan fingerprint density at radius 1 is 1.44 bits per heavy atom. The fraction of sp³-hybridized carbons (Fsp3) is 0.643. The summed E-state index contributed by atoms with van der Waals surface area (Å²) in [5.41, 5.74) is 1.33. The normalized spacial score (nSPS) is 17.2. The number of nitrogens with zero attached hydrogens (tertiary/aromatic N) is 1. The summed E-state index contributed by atoms with van der Waals surface area (Å²) in [6.07, 6.45) is 2.31. The van der Waals surface area contributed by atoms with Crippen LogP contribution in [-0.2, 0) is 4.79 Å². The molecule has 1 saturated heterocycles. The van der Waals surface area contributed by atoms with Gasteiger partial charge in [-0.1, -0.05) is 0 Å². The van der Waals surface area contributed by atoms with Gasteiger partial charge in [0.2, 0.25) is 5.91 Å². The average Bonchev–Trinajstić information content (AvgIpc) is 2.95. The van der Waals surface area contributed by atoms with Crippen molar-refractivity contribution in [2.75, 3.05) is 19.6 Å². The van der Waals surface area contributed by atoms with E-state index in [9.17, 15) is 4.79 Å². The van der Waals surface area contributed by atoms with Gasteiger partial charge in [0.15, 0.2) is 0 Å². The van der Waals surface area contributed by atoms with E-state index < -0.39 is 0 Å². The van der Waals surface area contributed by atoms with Crippen molar-refractivity contribution in [2.24, 2.45) is 0 Å². The zero-order valence-electron chi connectivity index (χ0n) is 11.5. The van der Waals surface area contributed by atoms with Crippen molar-refractivity contribution in [1.82, 2.24) is 10.2 Å². The van der Waals surface area contributed by atoms with Gasteiger partial charge >= 0.3 is 0 Å². The molecule has 1 aliphatic rings. The highest BCUT2D eigenvalue weighted by Gasteiger charge is 2.19. The van der Waals surface area contributed by atoms with Gasteiger partial charge in [0.05, 0.1) is 6.54 Å². The highest BCUT2D eigenvalue weighted by atomic mass is 32.1. The van der Waals surface area contributed by atoms with Gasteiger partial charge in [0.25, 0.3) is 0 Å². The summed E-state index contributed by atoms with van der Waals surface area (Å²) in [6.45, 7) is 8.73. The summed E-state index contributed by atoms with van der Waals surface area (Å²) in [5, 5.41) is 3.35. The minimum atomic E-state index is 0.240. The summed E-state index contributed by atoms with van der Waals surface area (Å²) in [5.74, 6) is 0.240. The van der Waals surface area contributed by atoms with Crippen molar-refractivity contribution in [1.29, 1.82) is 0 Å². The molecule has 100 valence electrons. The number of hydrogen-bond donors (Lipinski definition) is 1. The number of nitrogens with one attached hydrogen (secondary N) is 1. The highest BCUT2D eigenvalue weighted by molar-refractivity contribution is 7.12. The quantitative estimate of drug-likeness (QED) is 0.908. The van der Waals surface area contributed by atoms with Crippen LogP contribution in [0.15, 0.2) is 6.07 Å². The van der Waals surface area contributed by atoms with Gasteiger partial charge in [0.1, 0.15) is 0 Å². The molecule has 1 aromatic rings. The lowest BCUT2D eigenvalue weighted by atomic mass is 10.1. The van der Waals surface area contributed by atoms with Gasteiger partial charge in [-0.2, -0.15) is 0 Å². The van der Waals surface area contributed by atoms with Gasteiger partial charge in [0, 0.05) is 28.9 Å². The topological polar surface area (TPSA) is 32.3 Å². The molecule has 3 nitrogen and oxygen atoms in total. The summed E-state index contributed by atoms with van der Waals surface area (Å²) in [7, 11) is 0. The molecule has 1 unspecified atom stereocenters. The van der Waals surface area contributed by atoms with Crippen molar-refractivity contribution in [3.05, 3.63) is 21.4 Å². The minimum Gasteiger partial charge on any atom is -0.342 e. The zero-order chi connectivity index (χ0) is 13.1. The highest BCUT2D eigenvalue weighted by Crippen LogP contribution is 2.25. The van der Waals surface area contributed by atoms with Crippen LogP contribution >= 0.6 is 11.3 Å². The molecular formula is C14H22N2OS. The molecule has 1 N–H and O–H groups in total. The third kappa shape index (κ3) is 3.12. The maximum Gasteiger partial charge on any atom is 0.236 e. The predicted octanol–water partition coefficient (Wildman–Crippen LogP) is 2.64. The van der Waals surface area contributed by atoms with Crippen molar-refractivity contribution < 1.29 is 4.79 Å². The van der Waals surface area contributed by atoms with Crippen LogP contribution in [0, 0.1) is 13.8 Å². The first kappa shape index (κ1) is 13.6. The second kappa shape index (κ2) is 5.85. The third-order valence-electron chi connectivity index (χ3n) is 3.56. The van der Waals surface area contributed by atoms with Crippen LogP contribution in [0.5, 0.6) is 0 Å². The summed E-state index contributed by atoms with van der Waals surface area (Å²) in [6, 6.07) is 2.47. The van der Waals surface area contributed by atoms with E-state index in [-0.39, 0.29) is 11.9 Å². The maximum atomic E-state index is 11.9. The van der Waals surface area contributed by atoms with Gasteiger partial charge < -0.3 is 10.2 Å². The molecule has 1 fully saturated rings. The largest absolute Gasteiger partial charge is 0.342 e. The fourth-order valence-electron chi connectivity index (χ4n) is 2.51. The molecule has 0 bridgehead atoms. The van der Waals surface area contributed by atoms with E-state index >= 15 is 0 Å². The molecule has 18 heavy (non-hydrogen) atoms. The molecule has 1 aromatic heterocycles. The second-order valence-electron chi connectivity index (χ2n) is 5.06. The molecule has 0 saturated carbocycles. The average molecular weight is 266 g/mol. The molecule has 1 aliphatic heterocycles. The van der Waals surface area contributed by atoms with Gasteiger partial charge in [-0.3, -0.25) is 4.79 Å². The lowest BCUT2D eigenvalue weighted by Gasteiger charge is -2.18. The molecule has 1 atom stereocenters. The van der Waals surface area contributed by atoms with Gasteiger partial charge in [-0.15, -0.1) is 11.3 Å². The van der Waals surface area contributed by atoms with Crippen LogP contribution in [0.3, 0.4) is 0 Å². The Morgan fingerprint density at radius 2 is 2.11 bits per heavy atom. The van der Waals surface area contributed by atoms with Gasteiger partial charge in [-0.05, 0) is 45.2 Å². The van der Waals surface area contributed by atoms with E-state index in [0.29, 0.717) is 6.54 Å². The van der Waals surface area contributed by atoms with E-state index in [1.54, 1.807) is 0 Å². The van der Waals surface area contributed by atoms with E-state index in [0.717, 1.165) is 25.9 Å². The summed E-state index contributed by atoms with van der Waals surface area (Å²) < 4.78 is 0. The molecular weight excluding hydrogens is 244 g/mol. The predicted molar refractivity (Wildman–Crippen MR) is 76.0 cm³/mol. The molecule has 0 radical (unpaired) electrons. The Hall–Kier alpha value is -0.870. The van der Waals surface area contributed by atoms with E-state index in [2.05, 4.69) is 32.2 Å². The molecule has 2 rings (SSSR count). The first-order valence-electron chi connectivity index (χ1n) is 6.66. The number of likely N-dealkylation sites (tertiary alicyclic amines) is 1. The van der Waals surface area contributed by atoms with Crippen LogP contribution in [0.1, 0.15) is 41.1 Å². The van der Waals surface area contributed by atoms with E-state index in [1.807, 2.05) is 16.2 Å². The fourth-order valence-corrected chi connectivity index (χ4v) is 3.53. The van der Waals surface area contributed by atoms with Crippen molar-refractivity contribution in [2.45, 2.75) is 39.7 Å². The van der Waals surface area contributed by atoms with Crippen LogP contribution in [0.25, 0.3) is 0 Å². The van der Waals surface area contributed by atoms with Crippen molar-refractivity contribution in [3.8, 4) is 0 Å². The Balaban J connectivity index is 1.86. The van der Waals surface area contributed by atoms with Crippen LogP contribution in [0.2, 0.25) is 0 Å². The van der Waals surface area contributed by atoms with Crippen LogP contribution in [0.4, 0.5) is 0 Å². The lowest BCUT2D eigenvalue weighted by Crippen LogP contribution is -2.37. The standard InChI is InChI=1S/C14H22N2OS/c1-10-8-13(12(3)18-10)11(2)15-9-14(17)16-6-4-5-7-16/h8,11,15H,4-7,9H2,1-3H3. The Bertz CT molecular complexity index is 421. The number of aryl methyl sites for hydroxylation is 2. The first-order chi connectivity index (χ1) is 8.58. The molecule has 4 heteroatoms. The summed E-state index contributed by atoms with van der Waals surface area (Å²) >= 11 is 1.82. The van der Waals surface area contributed by atoms with Crippen molar-refractivity contribution >= 4 is 17.2 Å². The monoisotopic (exact) mass is 266 g/mol. The molecule has 1 amide bonds. The number of thiophene rings is 1. The summed E-state index contributed by atoms with van der Waals surface area (Å²) in [4.78, 5) is 16.6. The zero-order valence-corrected chi connectivity index (χ0v) is 12.3. The maximum absolute atomic E-state index is 11.9. The Labute approximate surface area is 113 Å². The second-order valence-corrected chi connectivity index (χ2v) is 6.52. The van der Waals surface area contributed by atoms with E-state index in [4.69, 9.17) is 0 Å². The van der Waals surface area contributed by atoms with Crippen molar-refractivity contribution in [3.63, 3.8) is 0 Å². The van der Waals surface area contributed by atoms with E-state index in [1.165, 1.54) is 15.3 Å². The number of hydrogen-bond acceptors (Lipinski definition) is 3. The first-order valence-corrected chi connectivity index (χ1v) is 7.47. The number of rotatable bonds is 4. The Morgan fingerprint density at radius 3 is 2.67 bits per heavy atom. The molecule has 0 aliphatic carbocycles. The molecule has 2 heterocycles. The van der Waals surface area contributed by atoms with Gasteiger partial charge in [-0.25, -0.2) is 0 Å². The smallest absolute Gasteiger partial charge is 0.236 e. The number of carbonyl (C=O) groups excluding carboxylic acids is 1. The van der Waals surface area contributed by atoms with Crippen LogP contribution < -0.4 is 5.32 Å². The molecule has 0 aromatic carbocycles. The third-order valence-corrected chi connectivity index (χ3v) is 4.55.